The fourth-order valence-corrected chi connectivity index (χ4v) is 8.05. The molecule has 0 bridgehead atoms. The zero-order valence-corrected chi connectivity index (χ0v) is 23.6. The van der Waals surface area contributed by atoms with E-state index in [9.17, 15) is 29.1 Å². The van der Waals surface area contributed by atoms with E-state index in [1.807, 2.05) is 0 Å². The Balaban J connectivity index is 1.55. The Hall–Kier alpha value is -3.11. The van der Waals surface area contributed by atoms with Crippen molar-refractivity contribution in [2.24, 2.45) is 17.8 Å². The Morgan fingerprint density at radius 1 is 1.07 bits per heavy atom. The lowest BCUT2D eigenvalue weighted by atomic mass is 9.56. The van der Waals surface area contributed by atoms with E-state index >= 15 is 0 Å². The van der Waals surface area contributed by atoms with Crippen molar-refractivity contribution in [1.29, 1.82) is 0 Å². The summed E-state index contributed by atoms with van der Waals surface area (Å²) >= 11 is 14.2. The molecule has 4 amide bonds. The molecule has 4 aliphatic rings. The van der Waals surface area contributed by atoms with Crippen LogP contribution in [0.4, 0.5) is 0 Å². The van der Waals surface area contributed by atoms with Gasteiger partial charge in [0.25, 0.3) is 11.8 Å². The minimum Gasteiger partial charge on any atom is -0.504 e. The molecule has 12 heteroatoms. The van der Waals surface area contributed by atoms with Gasteiger partial charge < -0.3 is 14.9 Å². The SMILES string of the molecule is COc1cccc([C@H]2C3=CC[C@@H]4C(=O)N(CCCCCC(=O)O)C(=O)[C@@H]4[C@@H]3C[C@@]3(Cl)C(=O)N(C)C(=O)[C@@]23Cl)c1O. The van der Waals surface area contributed by atoms with Crippen LogP contribution in [0, 0.1) is 17.8 Å². The van der Waals surface area contributed by atoms with Crippen LogP contribution in [0.3, 0.4) is 0 Å². The van der Waals surface area contributed by atoms with E-state index in [-0.39, 0.29) is 54.7 Å². The van der Waals surface area contributed by atoms with Gasteiger partial charge in [-0.25, -0.2) is 0 Å². The number of fused-ring (bicyclic) bond motifs is 4. The van der Waals surface area contributed by atoms with Gasteiger partial charge in [-0.05, 0) is 37.7 Å². The van der Waals surface area contributed by atoms with Crippen molar-refractivity contribution in [1.82, 2.24) is 9.80 Å². The van der Waals surface area contributed by atoms with E-state index in [0.717, 1.165) is 4.90 Å². The first-order chi connectivity index (χ1) is 18.9. The summed E-state index contributed by atoms with van der Waals surface area (Å²) in [5, 5.41) is 20.0. The predicted octanol–water partition coefficient (Wildman–Crippen LogP) is 3.03. The number of aromatic hydroxyl groups is 1. The summed E-state index contributed by atoms with van der Waals surface area (Å²) in [6.07, 6.45) is 3.36. The highest BCUT2D eigenvalue weighted by Gasteiger charge is 2.76. The third kappa shape index (κ3) is 3.86. The molecule has 2 aliphatic heterocycles. The third-order valence-electron chi connectivity index (χ3n) is 8.94. The van der Waals surface area contributed by atoms with Gasteiger partial charge >= 0.3 is 5.97 Å². The standard InChI is InChI=1S/C28H30Cl2N2O8/c1-31-25(38)27(29)13-17-14(21(28(27,30)26(31)39)16-7-6-8-18(40-2)22(16)35)10-11-15-20(17)24(37)32(23(15)36)12-5-3-4-9-19(33)34/h6-8,10,15,17,20-21,35H,3-5,9,11-13H2,1-2H3,(H,33,34)/t15-,17+,20-,21+,27+,28-/m0/s1. The topological polar surface area (TPSA) is 142 Å². The lowest BCUT2D eigenvalue weighted by Gasteiger charge is -2.50. The number of carboxylic acids is 1. The Labute approximate surface area is 240 Å². The molecule has 2 heterocycles. The number of carbonyl (C=O) groups excluding carboxylic acids is 4. The summed E-state index contributed by atoms with van der Waals surface area (Å²) in [7, 11) is 2.68. The number of allylic oxidation sites excluding steroid dienone is 2. The van der Waals surface area contributed by atoms with E-state index in [1.165, 1.54) is 19.1 Å². The Kier molecular flexibility index (Phi) is 7.15. The maximum atomic E-state index is 13.8. The number of unbranched alkanes of at least 4 members (excludes halogenated alkanes) is 2. The van der Waals surface area contributed by atoms with Gasteiger partial charge in [-0.15, -0.1) is 23.2 Å². The van der Waals surface area contributed by atoms with E-state index in [0.29, 0.717) is 24.8 Å². The number of methoxy groups -OCH3 is 1. The van der Waals surface area contributed by atoms with Crippen molar-refractivity contribution in [2.45, 2.75) is 54.2 Å². The number of likely N-dealkylation sites (tertiary alicyclic amines) is 2. The molecular weight excluding hydrogens is 563 g/mol. The van der Waals surface area contributed by atoms with Crippen molar-refractivity contribution < 1.29 is 38.9 Å². The first-order valence-corrected chi connectivity index (χ1v) is 14.0. The van der Waals surface area contributed by atoms with Gasteiger partial charge in [-0.2, -0.15) is 0 Å². The van der Waals surface area contributed by atoms with Gasteiger partial charge in [-0.3, -0.25) is 33.8 Å². The molecule has 0 radical (unpaired) electrons. The highest BCUT2D eigenvalue weighted by molar-refractivity contribution is 6.53. The predicted molar refractivity (Wildman–Crippen MR) is 143 cm³/mol. The Morgan fingerprint density at radius 3 is 2.48 bits per heavy atom. The fraction of sp³-hybridized carbons (Fsp3) is 0.536. The number of halogens is 2. The van der Waals surface area contributed by atoms with Gasteiger partial charge in [0, 0.05) is 31.5 Å². The summed E-state index contributed by atoms with van der Waals surface area (Å²) in [4.78, 5) is 63.2. The maximum Gasteiger partial charge on any atom is 0.303 e. The van der Waals surface area contributed by atoms with Gasteiger partial charge in [0.15, 0.2) is 21.2 Å². The number of rotatable bonds is 8. The normalized spacial score (nSPS) is 33.0. The average Bonchev–Trinajstić information content (AvgIpc) is 3.23. The second-order valence-electron chi connectivity index (χ2n) is 10.9. The molecule has 5 rings (SSSR count). The van der Waals surface area contributed by atoms with Crippen LogP contribution in [0.5, 0.6) is 11.5 Å². The number of amides is 4. The van der Waals surface area contributed by atoms with E-state index in [4.69, 9.17) is 33.0 Å². The summed E-state index contributed by atoms with van der Waals surface area (Å²) < 4.78 is 5.29. The number of carboxylic acid groups (broad SMARTS) is 1. The molecule has 2 saturated heterocycles. The fourth-order valence-electron chi connectivity index (χ4n) is 7.04. The number of alkyl halides is 2. The highest BCUT2D eigenvalue weighted by atomic mass is 35.5. The number of phenolic OH excluding ortho intramolecular Hbond substituents is 1. The van der Waals surface area contributed by atoms with E-state index in [1.54, 1.807) is 24.3 Å². The summed E-state index contributed by atoms with van der Waals surface area (Å²) in [6.45, 7) is 0.165. The maximum absolute atomic E-state index is 13.8. The molecule has 0 spiro atoms. The average molecular weight is 593 g/mol. The molecule has 6 atom stereocenters. The van der Waals surface area contributed by atoms with Crippen molar-refractivity contribution in [3.05, 3.63) is 35.4 Å². The molecule has 1 aromatic rings. The van der Waals surface area contributed by atoms with Crippen LogP contribution < -0.4 is 4.74 Å². The number of aliphatic carboxylic acids is 1. The number of hydrogen-bond donors (Lipinski definition) is 2. The number of hydrogen-bond acceptors (Lipinski definition) is 7. The summed E-state index contributed by atoms with van der Waals surface area (Å²) in [6, 6.07) is 4.75. The van der Waals surface area contributed by atoms with Crippen LogP contribution >= 0.6 is 23.2 Å². The zero-order valence-electron chi connectivity index (χ0n) is 22.1. The third-order valence-corrected chi connectivity index (χ3v) is 10.4. The van der Waals surface area contributed by atoms with Crippen LogP contribution in [0.15, 0.2) is 29.8 Å². The highest BCUT2D eigenvalue weighted by Crippen LogP contribution is 2.66. The van der Waals surface area contributed by atoms with Crippen molar-refractivity contribution in [3.8, 4) is 11.5 Å². The van der Waals surface area contributed by atoms with Gasteiger partial charge in [0.05, 0.1) is 18.9 Å². The molecule has 2 N–H and O–H groups in total. The van der Waals surface area contributed by atoms with Crippen LogP contribution in [0.1, 0.15) is 50.0 Å². The molecule has 10 nitrogen and oxygen atoms in total. The molecule has 214 valence electrons. The van der Waals surface area contributed by atoms with Crippen LogP contribution in [0.2, 0.25) is 0 Å². The minimum absolute atomic E-state index is 0.0141. The molecule has 2 aliphatic carbocycles. The summed E-state index contributed by atoms with van der Waals surface area (Å²) in [5.41, 5.74) is 0.814. The quantitative estimate of drug-likeness (QED) is 0.203. The van der Waals surface area contributed by atoms with Crippen molar-refractivity contribution in [2.75, 3.05) is 20.7 Å². The first kappa shape index (κ1) is 28.4. The van der Waals surface area contributed by atoms with Crippen LogP contribution in [-0.4, -0.2) is 80.1 Å². The monoisotopic (exact) mass is 592 g/mol. The number of phenols is 1. The van der Waals surface area contributed by atoms with E-state index in [2.05, 4.69) is 0 Å². The minimum atomic E-state index is -1.99. The molecule has 40 heavy (non-hydrogen) atoms. The van der Waals surface area contributed by atoms with Crippen LogP contribution in [-0.2, 0) is 24.0 Å². The Bertz CT molecular complexity index is 1350. The second kappa shape index (κ2) is 10.1. The van der Waals surface area contributed by atoms with Gasteiger partial charge in [0.2, 0.25) is 11.8 Å². The first-order valence-electron chi connectivity index (χ1n) is 13.2. The number of para-hydroxylation sites is 1. The molecule has 0 aromatic heterocycles. The lowest BCUT2D eigenvalue weighted by Crippen LogP contribution is -2.60. The zero-order chi connectivity index (χ0) is 29.1. The number of carbonyl (C=O) groups is 5. The van der Waals surface area contributed by atoms with Crippen LogP contribution in [0.25, 0.3) is 0 Å². The Morgan fingerprint density at radius 2 is 1.80 bits per heavy atom. The largest absolute Gasteiger partial charge is 0.504 e. The molecular formula is C28H30Cl2N2O8. The molecule has 3 fully saturated rings. The van der Waals surface area contributed by atoms with E-state index < -0.39 is 51.2 Å². The second-order valence-corrected chi connectivity index (χ2v) is 12.2. The molecule has 1 aromatic carbocycles. The number of ether oxygens (including phenoxy) is 1. The number of nitrogens with zero attached hydrogens (tertiary/aromatic N) is 2. The smallest absolute Gasteiger partial charge is 0.303 e. The van der Waals surface area contributed by atoms with Crippen molar-refractivity contribution >= 4 is 52.8 Å². The van der Waals surface area contributed by atoms with Gasteiger partial charge in [-0.1, -0.05) is 30.2 Å². The summed E-state index contributed by atoms with van der Waals surface area (Å²) in [5.74, 6) is -6.36. The lowest BCUT2D eigenvalue weighted by molar-refractivity contribution is -0.141. The number of benzene rings is 1. The molecule has 0 unspecified atom stereocenters. The molecule has 1 saturated carbocycles. The van der Waals surface area contributed by atoms with Crippen molar-refractivity contribution in [3.63, 3.8) is 0 Å². The number of imide groups is 2. The van der Waals surface area contributed by atoms with Gasteiger partial charge in [0.1, 0.15) is 0 Å².